The SMILES string of the molecule is O[C@@H]1[C@@H](COCc2ccccc2)C[C@@H](Br)[C@@H](O)[C@H]1OCc1ccccc1. The van der Waals surface area contributed by atoms with Crippen LogP contribution in [0.15, 0.2) is 60.7 Å². The molecule has 0 aliphatic heterocycles. The summed E-state index contributed by atoms with van der Waals surface area (Å²) >= 11 is 3.53. The molecule has 5 heteroatoms. The average Bonchev–Trinajstić information content (AvgIpc) is 2.67. The third-order valence-corrected chi connectivity index (χ3v) is 5.70. The van der Waals surface area contributed by atoms with Crippen molar-refractivity contribution in [2.24, 2.45) is 5.92 Å². The topological polar surface area (TPSA) is 58.9 Å². The van der Waals surface area contributed by atoms with Crippen molar-refractivity contribution in [3.63, 3.8) is 0 Å². The number of halogens is 1. The molecule has 2 aromatic carbocycles. The molecule has 3 rings (SSSR count). The molecule has 1 saturated carbocycles. The number of benzene rings is 2. The number of aliphatic hydroxyl groups excluding tert-OH is 2. The maximum absolute atomic E-state index is 10.7. The van der Waals surface area contributed by atoms with Crippen molar-refractivity contribution in [3.05, 3.63) is 71.8 Å². The second-order valence-electron chi connectivity index (χ2n) is 6.75. The molecule has 4 nitrogen and oxygen atoms in total. The van der Waals surface area contributed by atoms with Crippen LogP contribution in [0.4, 0.5) is 0 Å². The molecular weight excluding hydrogens is 396 g/mol. The van der Waals surface area contributed by atoms with E-state index in [1.165, 1.54) is 0 Å². The first-order chi connectivity index (χ1) is 12.6. The third-order valence-electron chi connectivity index (χ3n) is 4.78. The summed E-state index contributed by atoms with van der Waals surface area (Å²) in [6.07, 6.45) is -1.52. The molecule has 5 atom stereocenters. The summed E-state index contributed by atoms with van der Waals surface area (Å²) in [5.74, 6) is -0.0905. The molecule has 2 aromatic rings. The van der Waals surface area contributed by atoms with Crippen LogP contribution in [-0.2, 0) is 22.7 Å². The van der Waals surface area contributed by atoms with Crippen molar-refractivity contribution < 1.29 is 19.7 Å². The second kappa shape index (κ2) is 9.62. The Morgan fingerprint density at radius 2 is 1.42 bits per heavy atom. The van der Waals surface area contributed by atoms with E-state index < -0.39 is 18.3 Å². The summed E-state index contributed by atoms with van der Waals surface area (Å²) < 4.78 is 11.7. The number of hydrogen-bond donors (Lipinski definition) is 2. The smallest absolute Gasteiger partial charge is 0.111 e. The van der Waals surface area contributed by atoms with Crippen LogP contribution in [0.1, 0.15) is 17.5 Å². The van der Waals surface area contributed by atoms with Gasteiger partial charge in [-0.25, -0.2) is 0 Å². The van der Waals surface area contributed by atoms with Gasteiger partial charge in [0.1, 0.15) is 6.10 Å². The fraction of sp³-hybridized carbons (Fsp3) is 0.429. The number of alkyl halides is 1. The highest BCUT2D eigenvalue weighted by Crippen LogP contribution is 2.32. The highest BCUT2D eigenvalue weighted by molar-refractivity contribution is 9.09. The van der Waals surface area contributed by atoms with Crippen LogP contribution >= 0.6 is 15.9 Å². The third kappa shape index (κ3) is 5.15. The van der Waals surface area contributed by atoms with Crippen molar-refractivity contribution in [2.75, 3.05) is 6.61 Å². The van der Waals surface area contributed by atoms with Crippen LogP contribution in [-0.4, -0.2) is 40.0 Å². The molecule has 0 heterocycles. The van der Waals surface area contributed by atoms with Gasteiger partial charge in [-0.2, -0.15) is 0 Å². The summed E-state index contributed by atoms with van der Waals surface area (Å²) in [6, 6.07) is 19.7. The van der Waals surface area contributed by atoms with E-state index in [-0.39, 0.29) is 10.7 Å². The van der Waals surface area contributed by atoms with Crippen LogP contribution in [0, 0.1) is 5.92 Å². The van der Waals surface area contributed by atoms with E-state index >= 15 is 0 Å². The maximum Gasteiger partial charge on any atom is 0.111 e. The Hall–Kier alpha value is -1.24. The lowest BCUT2D eigenvalue weighted by molar-refractivity contribution is -0.152. The normalized spacial score (nSPS) is 28.8. The highest BCUT2D eigenvalue weighted by Gasteiger charge is 2.43. The number of ether oxygens (including phenoxy) is 2. The van der Waals surface area contributed by atoms with E-state index in [2.05, 4.69) is 15.9 Å². The summed E-state index contributed by atoms with van der Waals surface area (Å²) in [6.45, 7) is 1.29. The maximum atomic E-state index is 10.7. The van der Waals surface area contributed by atoms with Gasteiger partial charge in [0.05, 0.1) is 32.0 Å². The van der Waals surface area contributed by atoms with E-state index in [0.717, 1.165) is 11.1 Å². The van der Waals surface area contributed by atoms with Gasteiger partial charge in [-0.1, -0.05) is 76.6 Å². The Balaban J connectivity index is 1.55. The van der Waals surface area contributed by atoms with Crippen molar-refractivity contribution in [3.8, 4) is 0 Å². The molecule has 1 aliphatic carbocycles. The minimum Gasteiger partial charge on any atom is -0.390 e. The molecule has 0 unspecified atom stereocenters. The highest BCUT2D eigenvalue weighted by atomic mass is 79.9. The van der Waals surface area contributed by atoms with E-state index in [1.54, 1.807) is 0 Å². The Morgan fingerprint density at radius 1 is 0.846 bits per heavy atom. The summed E-state index contributed by atoms with van der Waals surface area (Å²) in [5.41, 5.74) is 2.12. The van der Waals surface area contributed by atoms with Gasteiger partial charge in [0, 0.05) is 10.7 Å². The van der Waals surface area contributed by atoms with Gasteiger partial charge < -0.3 is 19.7 Å². The summed E-state index contributed by atoms with van der Waals surface area (Å²) in [7, 11) is 0. The molecule has 2 N–H and O–H groups in total. The number of aliphatic hydroxyl groups is 2. The minimum absolute atomic E-state index is 0.0905. The standard InChI is InChI=1S/C21H25BrO4/c22-18-11-17(14-25-12-15-7-3-1-4-8-15)19(23)21(20(18)24)26-13-16-9-5-2-6-10-16/h1-10,17-21,23-24H,11-14H2/t17-,18-,19-,20-,21+/m1/s1. The van der Waals surface area contributed by atoms with Crippen molar-refractivity contribution >= 4 is 15.9 Å². The molecule has 0 spiro atoms. The van der Waals surface area contributed by atoms with Crippen molar-refractivity contribution in [1.29, 1.82) is 0 Å². The second-order valence-corrected chi connectivity index (χ2v) is 7.93. The molecule has 0 aromatic heterocycles. The zero-order chi connectivity index (χ0) is 18.4. The van der Waals surface area contributed by atoms with E-state index in [9.17, 15) is 10.2 Å². The Morgan fingerprint density at radius 3 is 2.04 bits per heavy atom. The molecule has 1 aliphatic rings. The predicted molar refractivity (Wildman–Crippen MR) is 104 cm³/mol. The number of hydrogen-bond acceptors (Lipinski definition) is 4. The van der Waals surface area contributed by atoms with Crippen LogP contribution in [0.25, 0.3) is 0 Å². The summed E-state index contributed by atoms with van der Waals surface area (Å²) in [4.78, 5) is -0.128. The zero-order valence-corrected chi connectivity index (χ0v) is 16.2. The molecule has 140 valence electrons. The Labute approximate surface area is 162 Å². The van der Waals surface area contributed by atoms with Crippen LogP contribution < -0.4 is 0 Å². The molecule has 0 saturated heterocycles. The largest absolute Gasteiger partial charge is 0.390 e. The van der Waals surface area contributed by atoms with Gasteiger partial charge in [0.2, 0.25) is 0 Å². The minimum atomic E-state index is -0.765. The lowest BCUT2D eigenvalue weighted by Gasteiger charge is -2.40. The van der Waals surface area contributed by atoms with Crippen molar-refractivity contribution in [1.82, 2.24) is 0 Å². The molecule has 1 fully saturated rings. The zero-order valence-electron chi connectivity index (χ0n) is 14.6. The van der Waals surface area contributed by atoms with Gasteiger partial charge >= 0.3 is 0 Å². The first kappa shape index (κ1) is 19.5. The lowest BCUT2D eigenvalue weighted by Crippen LogP contribution is -2.54. The van der Waals surface area contributed by atoms with Gasteiger partial charge in [0.15, 0.2) is 0 Å². The molecule has 0 bridgehead atoms. The molecule has 0 amide bonds. The van der Waals surface area contributed by atoms with E-state index in [4.69, 9.17) is 9.47 Å². The van der Waals surface area contributed by atoms with Gasteiger partial charge in [-0.05, 0) is 17.5 Å². The van der Waals surface area contributed by atoms with Gasteiger partial charge in [-0.15, -0.1) is 0 Å². The quantitative estimate of drug-likeness (QED) is 0.674. The van der Waals surface area contributed by atoms with Crippen LogP contribution in [0.5, 0.6) is 0 Å². The lowest BCUT2D eigenvalue weighted by atomic mass is 9.83. The molecule has 26 heavy (non-hydrogen) atoms. The molecular formula is C21H25BrO4. The van der Waals surface area contributed by atoms with E-state index in [1.807, 2.05) is 60.7 Å². The fourth-order valence-electron chi connectivity index (χ4n) is 3.28. The van der Waals surface area contributed by atoms with Gasteiger partial charge in [0.25, 0.3) is 0 Å². The van der Waals surface area contributed by atoms with Crippen LogP contribution in [0.3, 0.4) is 0 Å². The van der Waals surface area contributed by atoms with Gasteiger partial charge in [-0.3, -0.25) is 0 Å². The molecule has 0 radical (unpaired) electrons. The van der Waals surface area contributed by atoms with Crippen LogP contribution in [0.2, 0.25) is 0 Å². The number of rotatable bonds is 7. The first-order valence-electron chi connectivity index (χ1n) is 8.92. The Kier molecular flexibility index (Phi) is 7.23. The average molecular weight is 421 g/mol. The monoisotopic (exact) mass is 420 g/mol. The Bertz CT molecular complexity index is 652. The fourth-order valence-corrected chi connectivity index (χ4v) is 4.06. The van der Waals surface area contributed by atoms with E-state index in [0.29, 0.717) is 26.2 Å². The van der Waals surface area contributed by atoms with Crippen molar-refractivity contribution in [2.45, 2.75) is 42.8 Å². The predicted octanol–water partition coefficient (Wildman–Crippen LogP) is 3.29. The summed E-state index contributed by atoms with van der Waals surface area (Å²) in [5, 5.41) is 21.1. The first-order valence-corrected chi connectivity index (χ1v) is 9.84.